The van der Waals surface area contributed by atoms with Crippen molar-refractivity contribution in [2.24, 2.45) is 0 Å². The number of halogens is 2. The third-order valence-corrected chi connectivity index (χ3v) is 4.94. The quantitative estimate of drug-likeness (QED) is 0.700. The van der Waals surface area contributed by atoms with E-state index in [4.69, 9.17) is 23.2 Å². The highest BCUT2D eigenvalue weighted by atomic mass is 35.5. The lowest BCUT2D eigenvalue weighted by Gasteiger charge is -2.13. The molecule has 0 unspecified atom stereocenters. The number of amides is 1. The molecule has 1 atom stereocenters. The van der Waals surface area contributed by atoms with Gasteiger partial charge in [0, 0.05) is 12.1 Å². The van der Waals surface area contributed by atoms with Gasteiger partial charge >= 0.3 is 0 Å². The van der Waals surface area contributed by atoms with E-state index < -0.39 is 5.56 Å². The minimum absolute atomic E-state index is 0.0941. The Morgan fingerprint density at radius 2 is 1.78 bits per heavy atom. The fourth-order valence-corrected chi connectivity index (χ4v) is 2.85. The van der Waals surface area contributed by atoms with Gasteiger partial charge in [-0.3, -0.25) is 9.59 Å². The molecule has 3 rings (SSSR count). The van der Waals surface area contributed by atoms with E-state index in [0.29, 0.717) is 17.8 Å². The lowest BCUT2D eigenvalue weighted by atomic mass is 10.0. The van der Waals surface area contributed by atoms with Gasteiger partial charge in [-0.05, 0) is 35.7 Å². The SMILES string of the molecule is C[C@@H](CNC(=O)c1ccc(-n2ncc(Cl)c(Cl)c2=O)cc1)c1ccccc1. The Hall–Kier alpha value is -2.63. The van der Waals surface area contributed by atoms with E-state index in [0.717, 1.165) is 4.68 Å². The van der Waals surface area contributed by atoms with Crippen molar-refractivity contribution in [3.05, 3.63) is 92.3 Å². The molecule has 0 spiro atoms. The van der Waals surface area contributed by atoms with Gasteiger partial charge < -0.3 is 5.32 Å². The second-order valence-electron chi connectivity index (χ2n) is 6.09. The van der Waals surface area contributed by atoms with E-state index in [2.05, 4.69) is 17.3 Å². The molecule has 2 aromatic carbocycles. The maximum absolute atomic E-state index is 12.4. The zero-order chi connectivity index (χ0) is 19.4. The molecule has 138 valence electrons. The Bertz CT molecular complexity index is 1000. The van der Waals surface area contributed by atoms with Gasteiger partial charge in [-0.15, -0.1) is 0 Å². The molecule has 27 heavy (non-hydrogen) atoms. The van der Waals surface area contributed by atoms with Crippen molar-refractivity contribution in [3.8, 4) is 5.69 Å². The van der Waals surface area contributed by atoms with Gasteiger partial charge in [0.25, 0.3) is 11.5 Å². The monoisotopic (exact) mass is 401 g/mol. The number of nitrogens with one attached hydrogen (secondary N) is 1. The van der Waals surface area contributed by atoms with E-state index in [1.165, 1.54) is 11.8 Å². The third kappa shape index (κ3) is 4.38. The summed E-state index contributed by atoms with van der Waals surface area (Å²) in [6.45, 7) is 2.58. The molecule has 0 saturated carbocycles. The summed E-state index contributed by atoms with van der Waals surface area (Å²) in [4.78, 5) is 24.5. The summed E-state index contributed by atoms with van der Waals surface area (Å²) in [5, 5.41) is 6.89. The summed E-state index contributed by atoms with van der Waals surface area (Å²) in [7, 11) is 0. The van der Waals surface area contributed by atoms with Gasteiger partial charge in [0.05, 0.1) is 16.9 Å². The number of hydrogen-bond donors (Lipinski definition) is 1. The van der Waals surface area contributed by atoms with Crippen molar-refractivity contribution in [2.75, 3.05) is 6.54 Å². The van der Waals surface area contributed by atoms with Crippen LogP contribution in [0.4, 0.5) is 0 Å². The maximum atomic E-state index is 12.4. The molecule has 7 heteroatoms. The number of benzene rings is 2. The van der Waals surface area contributed by atoms with Gasteiger partial charge in [-0.1, -0.05) is 60.5 Å². The highest BCUT2D eigenvalue weighted by Crippen LogP contribution is 2.17. The smallest absolute Gasteiger partial charge is 0.291 e. The van der Waals surface area contributed by atoms with Crippen LogP contribution in [-0.2, 0) is 0 Å². The summed E-state index contributed by atoms with van der Waals surface area (Å²) in [5.74, 6) is 0.0205. The predicted molar refractivity (Wildman–Crippen MR) is 107 cm³/mol. The van der Waals surface area contributed by atoms with Gasteiger partial charge in [0.15, 0.2) is 0 Å². The highest BCUT2D eigenvalue weighted by molar-refractivity contribution is 6.41. The molecule has 0 fully saturated rings. The van der Waals surface area contributed by atoms with Crippen molar-refractivity contribution in [1.29, 1.82) is 0 Å². The molecule has 1 heterocycles. The zero-order valence-corrected chi connectivity index (χ0v) is 16.0. The van der Waals surface area contributed by atoms with Crippen LogP contribution < -0.4 is 10.9 Å². The lowest BCUT2D eigenvalue weighted by Crippen LogP contribution is -2.27. The fourth-order valence-electron chi connectivity index (χ4n) is 2.60. The molecular weight excluding hydrogens is 385 g/mol. The van der Waals surface area contributed by atoms with Gasteiger partial charge in [0.2, 0.25) is 0 Å². The topological polar surface area (TPSA) is 64.0 Å². The summed E-state index contributed by atoms with van der Waals surface area (Å²) >= 11 is 11.7. The van der Waals surface area contributed by atoms with Gasteiger partial charge in [-0.2, -0.15) is 9.78 Å². The number of nitrogens with zero attached hydrogens (tertiary/aromatic N) is 2. The number of rotatable bonds is 5. The average Bonchev–Trinajstić information content (AvgIpc) is 2.71. The summed E-state index contributed by atoms with van der Waals surface area (Å²) in [6.07, 6.45) is 1.30. The van der Waals surface area contributed by atoms with Crippen molar-refractivity contribution in [3.63, 3.8) is 0 Å². The maximum Gasteiger partial charge on any atom is 0.291 e. The Balaban J connectivity index is 1.69. The predicted octanol–water partition coefficient (Wildman–Crippen LogP) is 4.07. The van der Waals surface area contributed by atoms with Crippen LogP contribution in [0, 0.1) is 0 Å². The first kappa shape index (κ1) is 19.1. The first-order chi connectivity index (χ1) is 13.0. The highest BCUT2D eigenvalue weighted by Gasteiger charge is 2.12. The van der Waals surface area contributed by atoms with Gasteiger partial charge in [-0.25, -0.2) is 0 Å². The molecule has 0 aliphatic heterocycles. The summed E-state index contributed by atoms with van der Waals surface area (Å²) in [6, 6.07) is 16.5. The molecule has 0 bridgehead atoms. The molecule has 0 aliphatic rings. The minimum Gasteiger partial charge on any atom is -0.351 e. The molecule has 0 saturated heterocycles. The standard InChI is InChI=1S/C20H17Cl2N3O2/c1-13(14-5-3-2-4-6-14)11-23-19(26)15-7-9-16(10-8-15)25-20(27)18(22)17(21)12-24-25/h2-10,12-13H,11H2,1H3,(H,23,26)/t13-/m0/s1. The Morgan fingerprint density at radius 1 is 1.11 bits per heavy atom. The van der Waals surface area contributed by atoms with E-state index in [1.54, 1.807) is 24.3 Å². The fraction of sp³-hybridized carbons (Fsp3) is 0.150. The molecule has 1 amide bonds. The molecule has 0 radical (unpaired) electrons. The summed E-state index contributed by atoms with van der Waals surface area (Å²) < 4.78 is 1.13. The number of aromatic nitrogens is 2. The van der Waals surface area contributed by atoms with Crippen LogP contribution in [0.15, 0.2) is 65.6 Å². The van der Waals surface area contributed by atoms with Crippen molar-refractivity contribution in [2.45, 2.75) is 12.8 Å². The van der Waals surface area contributed by atoms with Crippen LogP contribution in [-0.4, -0.2) is 22.2 Å². The Kier molecular flexibility index (Phi) is 5.94. The largest absolute Gasteiger partial charge is 0.351 e. The van der Waals surface area contributed by atoms with Crippen molar-refractivity contribution in [1.82, 2.24) is 15.1 Å². The van der Waals surface area contributed by atoms with Crippen LogP contribution in [0.1, 0.15) is 28.8 Å². The average molecular weight is 402 g/mol. The van der Waals surface area contributed by atoms with Gasteiger partial charge in [0.1, 0.15) is 5.02 Å². The normalized spacial score (nSPS) is 11.8. The van der Waals surface area contributed by atoms with Crippen molar-refractivity contribution >= 4 is 29.1 Å². The second kappa shape index (κ2) is 8.37. The molecule has 3 aromatic rings. The minimum atomic E-state index is -0.516. The van der Waals surface area contributed by atoms with E-state index in [9.17, 15) is 9.59 Å². The summed E-state index contributed by atoms with van der Waals surface area (Å²) in [5.41, 5.74) is 1.64. The van der Waals surface area contributed by atoms with E-state index >= 15 is 0 Å². The second-order valence-corrected chi connectivity index (χ2v) is 6.88. The number of hydrogen-bond acceptors (Lipinski definition) is 3. The molecule has 1 N–H and O–H groups in total. The first-order valence-electron chi connectivity index (χ1n) is 8.34. The van der Waals surface area contributed by atoms with Crippen LogP contribution in [0.2, 0.25) is 10.0 Å². The number of carbonyl (C=O) groups excluding carboxylic acids is 1. The lowest BCUT2D eigenvalue weighted by molar-refractivity contribution is 0.0951. The molecular formula is C20H17Cl2N3O2. The molecule has 5 nitrogen and oxygen atoms in total. The van der Waals surface area contributed by atoms with Crippen LogP contribution in [0.3, 0.4) is 0 Å². The van der Waals surface area contributed by atoms with Crippen LogP contribution in [0.25, 0.3) is 5.69 Å². The Morgan fingerprint density at radius 3 is 2.44 bits per heavy atom. The first-order valence-corrected chi connectivity index (χ1v) is 9.10. The van der Waals surface area contributed by atoms with E-state index in [1.807, 2.05) is 30.3 Å². The Labute approximate surface area is 166 Å². The molecule has 1 aromatic heterocycles. The number of carbonyl (C=O) groups is 1. The van der Waals surface area contributed by atoms with E-state index in [-0.39, 0.29) is 21.9 Å². The van der Waals surface area contributed by atoms with Crippen molar-refractivity contribution < 1.29 is 4.79 Å². The zero-order valence-electron chi connectivity index (χ0n) is 14.5. The van der Waals surface area contributed by atoms with Crippen LogP contribution in [0.5, 0.6) is 0 Å². The van der Waals surface area contributed by atoms with Crippen LogP contribution >= 0.6 is 23.2 Å². The molecule has 0 aliphatic carbocycles. The third-order valence-electron chi connectivity index (χ3n) is 4.19.